The molecule has 5 rings (SSSR count). The van der Waals surface area contributed by atoms with Gasteiger partial charge in [0.15, 0.2) is 23.0 Å². The van der Waals surface area contributed by atoms with Crippen LogP contribution in [0, 0.1) is 0 Å². The molecule has 0 spiro atoms. The van der Waals surface area contributed by atoms with Crippen LogP contribution in [0.15, 0.2) is 117 Å². The first-order valence-electron chi connectivity index (χ1n) is 18.0. The maximum atomic E-state index is 9.30. The Morgan fingerprint density at radius 1 is 0.323 bits per heavy atom. The molecule has 0 aliphatic rings. The van der Waals surface area contributed by atoms with Crippen LogP contribution in [0.3, 0.4) is 0 Å². The number of benzene rings is 5. The van der Waals surface area contributed by atoms with Crippen LogP contribution in [-0.2, 0) is 32.1 Å². The molecule has 5 aromatic carbocycles. The Hall–Kier alpha value is -9.55. The van der Waals surface area contributed by atoms with Crippen molar-refractivity contribution in [3.05, 3.63) is 119 Å². The molecule has 0 unspecified atom stereocenters. The van der Waals surface area contributed by atoms with E-state index in [1.54, 1.807) is 18.2 Å². The summed E-state index contributed by atoms with van der Waals surface area (Å²) in [4.78, 5) is 0. The van der Waals surface area contributed by atoms with Gasteiger partial charge in [-0.2, -0.15) is 0 Å². The van der Waals surface area contributed by atoms with E-state index in [-0.39, 0.29) is 119 Å². The van der Waals surface area contributed by atoms with Crippen molar-refractivity contribution in [3.8, 4) is 57.5 Å². The third kappa shape index (κ3) is 20.5. The lowest BCUT2D eigenvalue weighted by Gasteiger charge is -2.04. The maximum absolute atomic E-state index is 9.30. The maximum Gasteiger partial charge on any atom is 0.161 e. The molecule has 0 aliphatic heterocycles. The molecule has 0 aromatic heterocycles. The predicted octanol–water partition coefficient (Wildman–Crippen LogP) is 1.93. The molecule has 5 aromatic rings. The van der Waals surface area contributed by atoms with Gasteiger partial charge in [0.2, 0.25) is 0 Å². The van der Waals surface area contributed by atoms with E-state index in [0.29, 0.717) is 27.8 Å². The van der Waals surface area contributed by atoms with Crippen molar-refractivity contribution in [1.29, 1.82) is 0 Å². The van der Waals surface area contributed by atoms with Crippen LogP contribution in [0.2, 0.25) is 0 Å². The highest BCUT2D eigenvalue weighted by Gasteiger charge is 2.08. The standard InChI is InChI=1S/5C8H10N2O3/c9-8(10-13)3-5-1-6(11)4-7(12)2-5;9-8(10-13)4-5-3-6(11)1-2-7(5)12;9-8(10-13)3-5-1-2-6(11)4-7(5)12;9-8(10-13)4-5-1-2-6(11)7(12)3-5;9-7(10-13)4-5-2-1-3-6(11)8(5)12/h1-2,4,11-13H,3H2,(H2,9,10);1-3,11-13H,4H2,(H2,9,10);1-2,4,11-13H,3H2,(H2,9,10);2*1-3,11-13H,4H2,(H2,9,10). The van der Waals surface area contributed by atoms with Crippen LogP contribution < -0.4 is 28.7 Å². The van der Waals surface area contributed by atoms with E-state index in [1.165, 1.54) is 72.8 Å². The molecule has 25 heteroatoms. The molecular weight excluding hydrogens is 860 g/mol. The lowest BCUT2D eigenvalue weighted by atomic mass is 10.1. The van der Waals surface area contributed by atoms with Gasteiger partial charge in [0, 0.05) is 60.9 Å². The number of hydrogen-bond acceptors (Lipinski definition) is 20. The third-order valence-electron chi connectivity index (χ3n) is 7.76. The van der Waals surface area contributed by atoms with Crippen molar-refractivity contribution in [2.45, 2.75) is 32.1 Å². The lowest BCUT2D eigenvalue weighted by molar-refractivity contribution is 0.317. The largest absolute Gasteiger partial charge is 0.508 e. The summed E-state index contributed by atoms with van der Waals surface area (Å²) in [5.74, 6) is -1.04. The smallest absolute Gasteiger partial charge is 0.161 e. The fourth-order valence-electron chi connectivity index (χ4n) is 4.75. The number of phenols is 10. The van der Waals surface area contributed by atoms with E-state index < -0.39 is 0 Å². The number of para-hydroxylation sites is 1. The van der Waals surface area contributed by atoms with Gasteiger partial charge in [-0.15, -0.1) is 0 Å². The van der Waals surface area contributed by atoms with Gasteiger partial charge in [0.25, 0.3) is 0 Å². The average molecular weight is 911 g/mol. The highest BCUT2D eigenvalue weighted by molar-refractivity contribution is 5.84. The Morgan fingerprint density at radius 3 is 1.28 bits per heavy atom. The number of phenolic OH excluding ortho intramolecular Hbond substituents is 10. The number of aromatic hydroxyl groups is 10. The number of oxime groups is 5. The summed E-state index contributed by atoms with van der Waals surface area (Å²) in [6, 6.07) is 21.0. The van der Waals surface area contributed by atoms with Crippen molar-refractivity contribution in [1.82, 2.24) is 0 Å². The topological polar surface area (TPSA) is 495 Å². The summed E-state index contributed by atoms with van der Waals surface area (Å²) in [6.07, 6.45) is 0.735. The number of nitrogens with zero attached hydrogens (tertiary/aromatic N) is 5. The van der Waals surface area contributed by atoms with Crippen LogP contribution in [-0.4, -0.2) is 106 Å². The summed E-state index contributed by atoms with van der Waals surface area (Å²) >= 11 is 0. The molecule has 25 N–H and O–H groups in total. The zero-order valence-electron chi connectivity index (χ0n) is 34.0. The first-order valence-corrected chi connectivity index (χ1v) is 18.0. The van der Waals surface area contributed by atoms with Gasteiger partial charge in [-0.05, 0) is 65.7 Å². The lowest BCUT2D eigenvalue weighted by Crippen LogP contribution is -2.14. The van der Waals surface area contributed by atoms with E-state index in [2.05, 4.69) is 25.8 Å². The summed E-state index contributed by atoms with van der Waals surface area (Å²) in [7, 11) is 0. The summed E-state index contributed by atoms with van der Waals surface area (Å²) < 4.78 is 0. The van der Waals surface area contributed by atoms with Crippen molar-refractivity contribution in [2.75, 3.05) is 0 Å². The van der Waals surface area contributed by atoms with E-state index in [4.69, 9.17) is 90.5 Å². The third-order valence-corrected chi connectivity index (χ3v) is 7.76. The zero-order valence-corrected chi connectivity index (χ0v) is 34.0. The first kappa shape index (κ1) is 53.5. The second kappa shape index (κ2) is 27.3. The Morgan fingerprint density at radius 2 is 0.769 bits per heavy atom. The normalized spacial score (nSPS) is 11.5. The predicted molar refractivity (Wildman–Crippen MR) is 234 cm³/mol. The summed E-state index contributed by atoms with van der Waals surface area (Å²) in [6.45, 7) is 0. The van der Waals surface area contributed by atoms with Crippen LogP contribution in [0.25, 0.3) is 0 Å². The SMILES string of the molecule is NC(Cc1cc(O)cc(O)c1)=NO.NC(Cc1cc(O)ccc1O)=NO.NC(Cc1ccc(O)c(O)c1)=NO.NC(Cc1ccc(O)cc1O)=NO.NC(Cc1cccc(O)c1O)=NO. The number of nitrogens with two attached hydrogens (primary N) is 5. The van der Waals surface area contributed by atoms with Crippen LogP contribution >= 0.6 is 0 Å². The van der Waals surface area contributed by atoms with Crippen molar-refractivity contribution >= 4 is 29.2 Å². The molecule has 0 bridgehead atoms. The molecule has 25 nitrogen and oxygen atoms in total. The quantitative estimate of drug-likeness (QED) is 0.0238. The minimum absolute atomic E-state index is 0.000916. The Bertz CT molecular complexity index is 2430. The van der Waals surface area contributed by atoms with E-state index in [9.17, 15) is 15.3 Å². The average Bonchev–Trinajstić information content (AvgIpc) is 3.26. The van der Waals surface area contributed by atoms with Crippen molar-refractivity contribution in [2.24, 2.45) is 54.4 Å². The number of hydrogen-bond donors (Lipinski definition) is 20. The summed E-state index contributed by atoms with van der Waals surface area (Å²) in [5, 5.41) is 146. The second-order valence-electron chi connectivity index (χ2n) is 12.9. The highest BCUT2D eigenvalue weighted by Crippen LogP contribution is 2.29. The number of amidine groups is 5. The second-order valence-corrected chi connectivity index (χ2v) is 12.9. The molecule has 0 radical (unpaired) electrons. The molecule has 0 atom stereocenters. The van der Waals surface area contributed by atoms with Gasteiger partial charge >= 0.3 is 0 Å². The van der Waals surface area contributed by atoms with Crippen LogP contribution in [0.4, 0.5) is 0 Å². The molecule has 0 saturated heterocycles. The van der Waals surface area contributed by atoms with Crippen molar-refractivity contribution in [3.63, 3.8) is 0 Å². The van der Waals surface area contributed by atoms with E-state index >= 15 is 0 Å². The fraction of sp³-hybridized carbons (Fsp3) is 0.125. The zero-order chi connectivity index (χ0) is 49.2. The first-order chi connectivity index (χ1) is 30.7. The van der Waals surface area contributed by atoms with Crippen molar-refractivity contribution < 1.29 is 77.1 Å². The molecular formula is C40H50N10O15. The van der Waals surface area contributed by atoms with Gasteiger partial charge in [-0.3, -0.25) is 0 Å². The molecule has 0 saturated carbocycles. The van der Waals surface area contributed by atoms with Crippen LogP contribution in [0.1, 0.15) is 27.8 Å². The van der Waals surface area contributed by atoms with Crippen LogP contribution in [0.5, 0.6) is 57.5 Å². The number of rotatable bonds is 10. The molecule has 0 aliphatic carbocycles. The van der Waals surface area contributed by atoms with Gasteiger partial charge in [-0.25, -0.2) is 0 Å². The molecule has 0 amide bonds. The van der Waals surface area contributed by atoms with Gasteiger partial charge < -0.3 is 106 Å². The minimum Gasteiger partial charge on any atom is -0.508 e. The van der Waals surface area contributed by atoms with E-state index in [1.807, 2.05) is 0 Å². The molecule has 0 heterocycles. The van der Waals surface area contributed by atoms with Gasteiger partial charge in [0.1, 0.15) is 63.7 Å². The van der Waals surface area contributed by atoms with Gasteiger partial charge in [0.05, 0.1) is 0 Å². The van der Waals surface area contributed by atoms with Gasteiger partial charge in [-0.1, -0.05) is 50.0 Å². The monoisotopic (exact) mass is 910 g/mol. The Kier molecular flexibility index (Phi) is 22.5. The van der Waals surface area contributed by atoms with E-state index in [0.717, 1.165) is 0 Å². The molecule has 350 valence electrons. The molecule has 0 fully saturated rings. The summed E-state index contributed by atoms with van der Waals surface area (Å²) in [5.41, 5.74) is 28.7. The Labute approximate surface area is 368 Å². The molecule has 65 heavy (non-hydrogen) atoms. The fourth-order valence-corrected chi connectivity index (χ4v) is 4.75. The minimum atomic E-state index is -0.242. The Balaban J connectivity index is 0.000000406. The highest BCUT2D eigenvalue weighted by atomic mass is 16.4.